The lowest BCUT2D eigenvalue weighted by molar-refractivity contribution is 0.458. The van der Waals surface area contributed by atoms with Gasteiger partial charge < -0.3 is 5.11 Å². The van der Waals surface area contributed by atoms with Crippen LogP contribution in [0.25, 0.3) is 0 Å². The highest BCUT2D eigenvalue weighted by molar-refractivity contribution is 7.92. The zero-order valence-electron chi connectivity index (χ0n) is 12.9. The third-order valence-corrected chi connectivity index (χ3v) is 7.20. The molecule has 3 aromatic carbocycles. The van der Waals surface area contributed by atoms with Crippen LogP contribution in [0.3, 0.4) is 0 Å². The molecule has 3 aromatic rings. The van der Waals surface area contributed by atoms with Crippen LogP contribution in [0.15, 0.2) is 98.4 Å². The first-order chi connectivity index (χ1) is 11.8. The topological polar surface area (TPSA) is 88.5 Å². The number of aromatic hydroxyl groups is 1. The maximum absolute atomic E-state index is 12.7. The summed E-state index contributed by atoms with van der Waals surface area (Å²) in [7, 11) is -7.95. The molecule has 5 nitrogen and oxygen atoms in total. The van der Waals surface area contributed by atoms with Crippen LogP contribution in [-0.2, 0) is 19.7 Å². The number of hydrogen-bond donors (Lipinski definition) is 1. The van der Waals surface area contributed by atoms with Gasteiger partial charge in [0.1, 0.15) is 10.6 Å². The smallest absolute Gasteiger partial charge is 0.210 e. The fourth-order valence-corrected chi connectivity index (χ4v) is 5.12. The van der Waals surface area contributed by atoms with Crippen LogP contribution in [0, 0.1) is 0 Å². The Kier molecular flexibility index (Phi) is 4.36. The van der Waals surface area contributed by atoms with E-state index in [0.717, 1.165) is 12.1 Å². The minimum Gasteiger partial charge on any atom is -0.507 e. The highest BCUT2D eigenvalue weighted by Crippen LogP contribution is 2.32. The summed E-state index contributed by atoms with van der Waals surface area (Å²) in [5.74, 6) is -0.504. The van der Waals surface area contributed by atoms with Gasteiger partial charge in [0, 0.05) is 0 Å². The summed E-state index contributed by atoms with van der Waals surface area (Å²) in [5.41, 5.74) is 0. The van der Waals surface area contributed by atoms with Gasteiger partial charge in [0.25, 0.3) is 0 Å². The predicted molar refractivity (Wildman–Crippen MR) is 91.9 cm³/mol. The van der Waals surface area contributed by atoms with E-state index in [2.05, 4.69) is 0 Å². The zero-order chi connectivity index (χ0) is 18.1. The second kappa shape index (κ2) is 6.34. The lowest BCUT2D eigenvalue weighted by atomic mass is 10.3. The van der Waals surface area contributed by atoms with Crippen LogP contribution in [0.4, 0.5) is 0 Å². The van der Waals surface area contributed by atoms with Gasteiger partial charge in [-0.3, -0.25) is 0 Å². The van der Waals surface area contributed by atoms with E-state index in [-0.39, 0.29) is 14.7 Å². The van der Waals surface area contributed by atoms with Crippen LogP contribution < -0.4 is 0 Å². The number of rotatable bonds is 4. The molecule has 0 saturated carbocycles. The van der Waals surface area contributed by atoms with Crippen LogP contribution >= 0.6 is 0 Å². The van der Waals surface area contributed by atoms with Gasteiger partial charge in [-0.1, -0.05) is 36.4 Å². The lowest BCUT2D eigenvalue weighted by Crippen LogP contribution is -2.06. The molecule has 7 heteroatoms. The summed E-state index contributed by atoms with van der Waals surface area (Å²) < 4.78 is 50.8. The number of phenols is 1. The molecule has 0 atom stereocenters. The molecular formula is C18H14O5S2. The van der Waals surface area contributed by atoms with Crippen molar-refractivity contribution in [1.82, 2.24) is 0 Å². The molecule has 0 aliphatic carbocycles. The van der Waals surface area contributed by atoms with Crippen LogP contribution in [0.5, 0.6) is 5.75 Å². The quantitative estimate of drug-likeness (QED) is 0.758. The van der Waals surface area contributed by atoms with Gasteiger partial charge in [-0.25, -0.2) is 16.8 Å². The minimum absolute atomic E-state index is 0.0282. The van der Waals surface area contributed by atoms with Gasteiger partial charge in [0.15, 0.2) is 0 Å². The van der Waals surface area contributed by atoms with E-state index in [9.17, 15) is 21.9 Å². The van der Waals surface area contributed by atoms with Crippen molar-refractivity contribution in [2.75, 3.05) is 0 Å². The average Bonchev–Trinajstić information content (AvgIpc) is 2.63. The molecule has 0 spiro atoms. The summed E-state index contributed by atoms with van der Waals surface area (Å²) in [6.07, 6.45) is 0. The van der Waals surface area contributed by atoms with E-state index >= 15 is 0 Å². The summed E-state index contributed by atoms with van der Waals surface area (Å²) in [5, 5.41) is 9.99. The SMILES string of the molecule is O=S(=O)(c1ccccc1)c1ccc(O)c(S(=O)(=O)c2ccccc2)c1. The van der Waals surface area contributed by atoms with E-state index < -0.39 is 30.3 Å². The molecule has 0 heterocycles. The summed E-state index contributed by atoms with van der Waals surface area (Å²) in [6, 6.07) is 18.5. The Labute approximate surface area is 146 Å². The van der Waals surface area contributed by atoms with Gasteiger partial charge in [-0.2, -0.15) is 0 Å². The molecule has 25 heavy (non-hydrogen) atoms. The summed E-state index contributed by atoms with van der Waals surface area (Å²) >= 11 is 0. The third-order valence-electron chi connectivity index (χ3n) is 3.64. The number of sulfone groups is 2. The highest BCUT2D eigenvalue weighted by atomic mass is 32.2. The van der Waals surface area contributed by atoms with E-state index in [1.54, 1.807) is 36.4 Å². The van der Waals surface area contributed by atoms with Crippen molar-refractivity contribution in [3.63, 3.8) is 0 Å². The molecule has 0 radical (unpaired) electrons. The van der Waals surface area contributed by atoms with Crippen LogP contribution in [0.2, 0.25) is 0 Å². The number of phenolic OH excluding ortho intramolecular Hbond substituents is 1. The van der Waals surface area contributed by atoms with Crippen molar-refractivity contribution in [2.45, 2.75) is 19.6 Å². The molecular weight excluding hydrogens is 360 g/mol. The molecule has 3 rings (SSSR count). The van der Waals surface area contributed by atoms with Crippen molar-refractivity contribution in [1.29, 1.82) is 0 Å². The number of hydrogen-bond acceptors (Lipinski definition) is 5. The molecule has 0 aliphatic heterocycles. The molecule has 0 aliphatic rings. The molecule has 0 saturated heterocycles. The largest absolute Gasteiger partial charge is 0.507 e. The average molecular weight is 374 g/mol. The minimum atomic E-state index is -4.05. The molecule has 128 valence electrons. The second-order valence-electron chi connectivity index (χ2n) is 5.26. The third kappa shape index (κ3) is 3.16. The Morgan fingerprint density at radius 3 is 1.56 bits per heavy atom. The highest BCUT2D eigenvalue weighted by Gasteiger charge is 2.25. The Morgan fingerprint density at radius 2 is 1.04 bits per heavy atom. The summed E-state index contributed by atoms with van der Waals surface area (Å²) in [6.45, 7) is 0. The van der Waals surface area contributed by atoms with Crippen molar-refractivity contribution in [3.05, 3.63) is 78.9 Å². The molecule has 0 fully saturated rings. The number of benzene rings is 3. The molecule has 0 unspecified atom stereocenters. The first-order valence-electron chi connectivity index (χ1n) is 7.27. The van der Waals surface area contributed by atoms with Crippen molar-refractivity contribution < 1.29 is 21.9 Å². The normalized spacial score (nSPS) is 12.0. The van der Waals surface area contributed by atoms with Gasteiger partial charge in [0.2, 0.25) is 19.7 Å². The van der Waals surface area contributed by atoms with Crippen LogP contribution in [-0.4, -0.2) is 21.9 Å². The zero-order valence-corrected chi connectivity index (χ0v) is 14.5. The van der Waals surface area contributed by atoms with Gasteiger partial charge in [-0.15, -0.1) is 0 Å². The molecule has 1 N–H and O–H groups in total. The standard InChI is InChI=1S/C18H14O5S2/c19-17-12-11-16(24(20,21)14-7-3-1-4-8-14)13-18(17)25(22,23)15-9-5-2-6-10-15/h1-13,19H. The van der Waals surface area contributed by atoms with Crippen molar-refractivity contribution in [3.8, 4) is 5.75 Å². The lowest BCUT2D eigenvalue weighted by Gasteiger charge is -2.10. The molecule has 0 aromatic heterocycles. The Hall–Kier alpha value is -2.64. The first-order valence-corrected chi connectivity index (χ1v) is 10.2. The maximum Gasteiger partial charge on any atom is 0.210 e. The Balaban J connectivity index is 2.18. The predicted octanol–water partition coefficient (Wildman–Crippen LogP) is 3.06. The summed E-state index contributed by atoms with van der Waals surface area (Å²) in [4.78, 5) is -0.634. The maximum atomic E-state index is 12.7. The first kappa shape index (κ1) is 17.2. The molecule has 0 bridgehead atoms. The van der Waals surface area contributed by atoms with Gasteiger partial charge in [0.05, 0.1) is 14.7 Å². The second-order valence-corrected chi connectivity index (χ2v) is 9.13. The van der Waals surface area contributed by atoms with E-state index in [1.807, 2.05) is 0 Å². The van der Waals surface area contributed by atoms with Gasteiger partial charge >= 0.3 is 0 Å². The molecule has 0 amide bonds. The fraction of sp³-hybridized carbons (Fsp3) is 0. The van der Waals surface area contributed by atoms with E-state index in [1.165, 1.54) is 30.3 Å². The Morgan fingerprint density at radius 1 is 0.560 bits per heavy atom. The monoisotopic (exact) mass is 374 g/mol. The Bertz CT molecular complexity index is 1100. The van der Waals surface area contributed by atoms with Crippen molar-refractivity contribution in [2.24, 2.45) is 0 Å². The van der Waals surface area contributed by atoms with E-state index in [0.29, 0.717) is 0 Å². The van der Waals surface area contributed by atoms with Crippen molar-refractivity contribution >= 4 is 19.7 Å². The van der Waals surface area contributed by atoms with Crippen LogP contribution in [0.1, 0.15) is 0 Å². The van der Waals surface area contributed by atoms with Gasteiger partial charge in [-0.05, 0) is 42.5 Å². The van der Waals surface area contributed by atoms with E-state index in [4.69, 9.17) is 0 Å². The fourth-order valence-electron chi connectivity index (χ4n) is 2.34.